The largest absolute Gasteiger partial charge is 0.339 e. The Balaban J connectivity index is 2.09. The van der Waals surface area contributed by atoms with Gasteiger partial charge in [0.2, 0.25) is 0 Å². The van der Waals surface area contributed by atoms with Gasteiger partial charge in [0.05, 0.1) is 0 Å². The summed E-state index contributed by atoms with van der Waals surface area (Å²) in [5.41, 5.74) is -0.168. The Bertz CT molecular complexity index is 490. The summed E-state index contributed by atoms with van der Waals surface area (Å²) in [7, 11) is 0. The average Bonchev–Trinajstić information content (AvgIpc) is 2.43. The number of piperidine rings is 1. The van der Waals surface area contributed by atoms with E-state index in [0.29, 0.717) is 19.0 Å². The van der Waals surface area contributed by atoms with Gasteiger partial charge in [0.1, 0.15) is 0 Å². The first kappa shape index (κ1) is 15.2. The van der Waals surface area contributed by atoms with Crippen LogP contribution in [0.25, 0.3) is 0 Å². The number of alkyl halides is 1. The Labute approximate surface area is 120 Å². The van der Waals surface area contributed by atoms with Crippen molar-refractivity contribution in [3.05, 3.63) is 35.1 Å². The molecule has 1 saturated heterocycles. The quantitative estimate of drug-likeness (QED) is 0.604. The Morgan fingerprint density at radius 1 is 1.25 bits per heavy atom. The van der Waals surface area contributed by atoms with E-state index in [-0.39, 0.29) is 10.9 Å². The summed E-state index contributed by atoms with van der Waals surface area (Å²) in [6, 6.07) is 1.47. The number of hydrogen-bond acceptors (Lipinski definition) is 1. The summed E-state index contributed by atoms with van der Waals surface area (Å²) in [6.07, 6.45) is 1.51. The summed E-state index contributed by atoms with van der Waals surface area (Å²) in [5.74, 6) is -4.41. The van der Waals surface area contributed by atoms with E-state index >= 15 is 0 Å². The Kier molecular flexibility index (Phi) is 4.58. The van der Waals surface area contributed by atoms with Crippen LogP contribution in [0.3, 0.4) is 0 Å². The lowest BCUT2D eigenvalue weighted by atomic mass is 9.93. The van der Waals surface area contributed by atoms with Crippen molar-refractivity contribution in [2.75, 3.05) is 13.1 Å². The van der Waals surface area contributed by atoms with Gasteiger partial charge in [-0.3, -0.25) is 4.79 Å². The molecule has 0 spiro atoms. The molecule has 1 aliphatic rings. The lowest BCUT2D eigenvalue weighted by molar-refractivity contribution is 0.0689. The average molecular weight is 306 g/mol. The zero-order valence-electron chi connectivity index (χ0n) is 11.0. The van der Waals surface area contributed by atoms with E-state index in [1.54, 1.807) is 0 Å². The molecule has 2 rings (SSSR count). The van der Waals surface area contributed by atoms with Crippen molar-refractivity contribution in [2.24, 2.45) is 5.92 Å². The molecule has 0 N–H and O–H groups in total. The van der Waals surface area contributed by atoms with Crippen LogP contribution in [-0.2, 0) is 0 Å². The molecular weight excluding hydrogens is 291 g/mol. The number of carbonyl (C=O) groups is 1. The molecule has 1 aliphatic heterocycles. The number of nitrogens with zero attached hydrogens (tertiary/aromatic N) is 1. The van der Waals surface area contributed by atoms with Crippen molar-refractivity contribution >= 4 is 17.5 Å². The summed E-state index contributed by atoms with van der Waals surface area (Å²) in [6.45, 7) is 2.89. The minimum absolute atomic E-state index is 0.0352. The summed E-state index contributed by atoms with van der Waals surface area (Å²) < 4.78 is 39.1. The number of rotatable bonds is 2. The van der Waals surface area contributed by atoms with Gasteiger partial charge in [-0.15, -0.1) is 11.6 Å². The third-order valence-electron chi connectivity index (χ3n) is 3.71. The van der Waals surface area contributed by atoms with Crippen LogP contribution in [0.4, 0.5) is 13.2 Å². The third kappa shape index (κ3) is 3.08. The van der Waals surface area contributed by atoms with Gasteiger partial charge < -0.3 is 4.90 Å². The van der Waals surface area contributed by atoms with E-state index in [0.717, 1.165) is 25.0 Å². The van der Waals surface area contributed by atoms with Gasteiger partial charge in [0, 0.05) is 24.0 Å². The van der Waals surface area contributed by atoms with Crippen molar-refractivity contribution in [2.45, 2.75) is 25.1 Å². The minimum Gasteiger partial charge on any atom is -0.339 e. The van der Waals surface area contributed by atoms with Crippen LogP contribution >= 0.6 is 11.6 Å². The fourth-order valence-corrected chi connectivity index (χ4v) is 2.68. The van der Waals surface area contributed by atoms with Crippen molar-refractivity contribution in [3.8, 4) is 0 Å². The predicted octanol–water partition coefficient (Wildman–Crippen LogP) is 3.58. The second-order valence-corrected chi connectivity index (χ2v) is 5.75. The molecule has 0 radical (unpaired) electrons. The summed E-state index contributed by atoms with van der Waals surface area (Å²) in [4.78, 5) is 13.6. The van der Waals surface area contributed by atoms with E-state index in [1.807, 2.05) is 6.92 Å². The van der Waals surface area contributed by atoms with Gasteiger partial charge in [0.15, 0.2) is 17.5 Å². The number of likely N-dealkylation sites (tertiary alicyclic amines) is 1. The summed E-state index contributed by atoms with van der Waals surface area (Å²) in [5, 5.41) is 0.0352. The number of amides is 1. The van der Waals surface area contributed by atoms with Crippen molar-refractivity contribution < 1.29 is 18.0 Å². The van der Waals surface area contributed by atoms with Crippen molar-refractivity contribution in [1.82, 2.24) is 4.90 Å². The van der Waals surface area contributed by atoms with Crippen LogP contribution in [-0.4, -0.2) is 29.3 Å². The number of carbonyl (C=O) groups excluding carboxylic acids is 1. The Morgan fingerprint density at radius 3 is 2.20 bits per heavy atom. The Morgan fingerprint density at radius 2 is 1.75 bits per heavy atom. The predicted molar refractivity (Wildman–Crippen MR) is 70.3 cm³/mol. The van der Waals surface area contributed by atoms with E-state index < -0.39 is 23.4 Å². The molecule has 0 bridgehead atoms. The molecule has 0 aromatic heterocycles. The highest BCUT2D eigenvalue weighted by Crippen LogP contribution is 2.25. The molecule has 1 aromatic rings. The zero-order chi connectivity index (χ0) is 14.9. The summed E-state index contributed by atoms with van der Waals surface area (Å²) >= 11 is 6.02. The normalized spacial score (nSPS) is 18.1. The van der Waals surface area contributed by atoms with Crippen LogP contribution in [0.5, 0.6) is 0 Å². The molecule has 6 heteroatoms. The van der Waals surface area contributed by atoms with Gasteiger partial charge in [-0.05, 0) is 37.8 Å². The molecule has 1 atom stereocenters. The highest BCUT2D eigenvalue weighted by Gasteiger charge is 2.27. The maximum absolute atomic E-state index is 13.1. The molecule has 0 saturated carbocycles. The number of benzene rings is 1. The van der Waals surface area contributed by atoms with Gasteiger partial charge in [-0.1, -0.05) is 0 Å². The highest BCUT2D eigenvalue weighted by atomic mass is 35.5. The van der Waals surface area contributed by atoms with E-state index in [2.05, 4.69) is 0 Å². The molecule has 0 aliphatic carbocycles. The third-order valence-corrected chi connectivity index (χ3v) is 4.06. The van der Waals surface area contributed by atoms with Crippen LogP contribution < -0.4 is 0 Å². The molecule has 2 nitrogen and oxygen atoms in total. The topological polar surface area (TPSA) is 20.3 Å². The second-order valence-electron chi connectivity index (χ2n) is 5.06. The molecular formula is C14H15ClF3NO. The van der Waals surface area contributed by atoms with E-state index in [4.69, 9.17) is 11.6 Å². The van der Waals surface area contributed by atoms with Crippen molar-refractivity contribution in [1.29, 1.82) is 0 Å². The van der Waals surface area contributed by atoms with E-state index in [1.165, 1.54) is 4.90 Å². The van der Waals surface area contributed by atoms with E-state index in [9.17, 15) is 18.0 Å². The highest BCUT2D eigenvalue weighted by molar-refractivity contribution is 6.20. The van der Waals surface area contributed by atoms with Gasteiger partial charge in [0.25, 0.3) is 5.91 Å². The zero-order valence-corrected chi connectivity index (χ0v) is 11.8. The maximum atomic E-state index is 13.1. The fraction of sp³-hybridized carbons (Fsp3) is 0.500. The molecule has 20 heavy (non-hydrogen) atoms. The smallest absolute Gasteiger partial charge is 0.254 e. The molecule has 1 fully saturated rings. The number of halogens is 4. The van der Waals surface area contributed by atoms with Crippen LogP contribution in [0, 0.1) is 23.4 Å². The molecule has 1 amide bonds. The fourth-order valence-electron chi connectivity index (χ4n) is 2.42. The van der Waals surface area contributed by atoms with Gasteiger partial charge in [-0.25, -0.2) is 13.2 Å². The lowest BCUT2D eigenvalue weighted by Gasteiger charge is -2.33. The van der Waals surface area contributed by atoms with Crippen molar-refractivity contribution in [3.63, 3.8) is 0 Å². The molecule has 1 heterocycles. The van der Waals surface area contributed by atoms with Gasteiger partial charge in [-0.2, -0.15) is 0 Å². The Hall–Kier alpha value is -1.23. The first-order valence-corrected chi connectivity index (χ1v) is 6.91. The SMILES string of the molecule is CC(Cl)C1CCN(C(=O)c2cc(F)c(F)c(F)c2)CC1. The first-order chi connectivity index (χ1) is 9.40. The van der Waals surface area contributed by atoms with Crippen LogP contribution in [0.2, 0.25) is 0 Å². The maximum Gasteiger partial charge on any atom is 0.254 e. The molecule has 1 unspecified atom stereocenters. The second kappa shape index (κ2) is 6.04. The lowest BCUT2D eigenvalue weighted by Crippen LogP contribution is -2.40. The van der Waals surface area contributed by atoms with Crippen LogP contribution in [0.1, 0.15) is 30.1 Å². The van der Waals surface area contributed by atoms with Gasteiger partial charge >= 0.3 is 0 Å². The van der Waals surface area contributed by atoms with Crippen LogP contribution in [0.15, 0.2) is 12.1 Å². The monoisotopic (exact) mass is 305 g/mol. The standard InChI is InChI=1S/C14H15ClF3NO/c1-8(15)9-2-4-19(5-3-9)14(20)10-6-11(16)13(18)12(17)7-10/h6-9H,2-5H2,1H3. The minimum atomic E-state index is -1.56. The molecule has 110 valence electrons. The molecule has 1 aromatic carbocycles. The number of hydrogen-bond donors (Lipinski definition) is 0. The first-order valence-electron chi connectivity index (χ1n) is 6.48.